The Bertz CT molecular complexity index is 1120. The highest BCUT2D eigenvalue weighted by Gasteiger charge is 2.05. The molecule has 0 aromatic heterocycles. The molecule has 0 bridgehead atoms. The Balaban J connectivity index is 1.36. The van der Waals surface area contributed by atoms with Gasteiger partial charge < -0.3 is 10.1 Å². The van der Waals surface area contributed by atoms with Crippen molar-refractivity contribution in [2.45, 2.75) is 5.75 Å². The smallest absolute Gasteiger partial charge is 0.262 e. The predicted molar refractivity (Wildman–Crippen MR) is 135 cm³/mol. The van der Waals surface area contributed by atoms with Gasteiger partial charge in [0.05, 0.1) is 12.0 Å². The summed E-state index contributed by atoms with van der Waals surface area (Å²) in [5.74, 6) is 1.03. The third kappa shape index (κ3) is 9.18. The summed E-state index contributed by atoms with van der Waals surface area (Å²) in [7, 11) is 0. The first kappa shape index (κ1) is 24.6. The van der Waals surface area contributed by atoms with Crippen LogP contribution in [0.3, 0.4) is 0 Å². The summed E-state index contributed by atoms with van der Waals surface area (Å²) in [5, 5.41) is 7.90. The average molecular weight is 502 g/mol. The summed E-state index contributed by atoms with van der Waals surface area (Å²) in [6.45, 7) is -0.136. The van der Waals surface area contributed by atoms with Crippen molar-refractivity contribution in [2.24, 2.45) is 5.10 Å². The second-order valence-electron chi connectivity index (χ2n) is 6.83. The fourth-order valence-electron chi connectivity index (χ4n) is 2.66. The van der Waals surface area contributed by atoms with Crippen LogP contribution in [0.25, 0.3) is 0 Å². The number of carbonyl (C=O) groups is 2. The zero-order valence-electron chi connectivity index (χ0n) is 17.5. The minimum atomic E-state index is -0.293. The highest BCUT2D eigenvalue weighted by atomic mass is 35.5. The van der Waals surface area contributed by atoms with E-state index < -0.39 is 0 Å². The van der Waals surface area contributed by atoms with Crippen LogP contribution in [0.2, 0.25) is 10.0 Å². The van der Waals surface area contributed by atoms with Crippen LogP contribution < -0.4 is 15.5 Å². The van der Waals surface area contributed by atoms with E-state index in [0.29, 0.717) is 27.2 Å². The molecule has 3 aromatic carbocycles. The fourth-order valence-corrected chi connectivity index (χ4v) is 3.83. The van der Waals surface area contributed by atoms with Crippen LogP contribution in [0.15, 0.2) is 77.9 Å². The molecule has 6 nitrogen and oxygen atoms in total. The van der Waals surface area contributed by atoms with Crippen LogP contribution in [0.4, 0.5) is 5.69 Å². The number of benzene rings is 3. The van der Waals surface area contributed by atoms with Crippen molar-refractivity contribution in [3.63, 3.8) is 0 Å². The van der Waals surface area contributed by atoms with Crippen LogP contribution >= 0.6 is 35.0 Å². The highest BCUT2D eigenvalue weighted by molar-refractivity contribution is 7.99. The van der Waals surface area contributed by atoms with Crippen molar-refractivity contribution in [3.8, 4) is 5.75 Å². The average Bonchev–Trinajstić information content (AvgIpc) is 2.79. The minimum absolute atomic E-state index is 0.136. The monoisotopic (exact) mass is 501 g/mol. The largest absolute Gasteiger partial charge is 0.484 e. The number of carbonyl (C=O) groups excluding carboxylic acids is 2. The van der Waals surface area contributed by atoms with Gasteiger partial charge in [-0.15, -0.1) is 11.8 Å². The molecule has 33 heavy (non-hydrogen) atoms. The lowest BCUT2D eigenvalue weighted by atomic mass is 10.2. The van der Waals surface area contributed by atoms with E-state index in [0.717, 1.165) is 11.1 Å². The molecule has 3 aromatic rings. The van der Waals surface area contributed by atoms with Crippen molar-refractivity contribution in [2.75, 3.05) is 17.7 Å². The van der Waals surface area contributed by atoms with E-state index in [1.165, 1.54) is 18.0 Å². The minimum Gasteiger partial charge on any atom is -0.484 e. The number of hydrazone groups is 1. The molecule has 0 saturated heterocycles. The number of thioether (sulfide) groups is 1. The second kappa shape index (κ2) is 12.9. The van der Waals surface area contributed by atoms with Crippen LogP contribution in [-0.4, -0.2) is 30.4 Å². The van der Waals surface area contributed by atoms with Crippen LogP contribution in [0.1, 0.15) is 11.1 Å². The molecular formula is C24H21Cl2N3O3S. The quantitative estimate of drug-likeness (QED) is 0.288. The Kier molecular flexibility index (Phi) is 9.62. The molecule has 0 aliphatic heterocycles. The second-order valence-corrected chi connectivity index (χ2v) is 8.69. The van der Waals surface area contributed by atoms with Crippen molar-refractivity contribution in [3.05, 3.63) is 94.0 Å². The van der Waals surface area contributed by atoms with E-state index in [1.807, 2.05) is 24.3 Å². The van der Waals surface area contributed by atoms with Crippen LogP contribution in [0, 0.1) is 0 Å². The lowest BCUT2D eigenvalue weighted by Crippen LogP contribution is -2.20. The maximum atomic E-state index is 12.0. The molecular weight excluding hydrogens is 481 g/mol. The van der Waals surface area contributed by atoms with Gasteiger partial charge in [-0.1, -0.05) is 41.4 Å². The molecule has 2 amide bonds. The first-order valence-corrected chi connectivity index (χ1v) is 11.8. The Morgan fingerprint density at radius 1 is 0.939 bits per heavy atom. The van der Waals surface area contributed by atoms with E-state index in [4.69, 9.17) is 27.9 Å². The highest BCUT2D eigenvalue weighted by Crippen LogP contribution is 2.17. The number of nitrogens with one attached hydrogen (secondary N) is 2. The third-order valence-electron chi connectivity index (χ3n) is 4.15. The van der Waals surface area contributed by atoms with Crippen molar-refractivity contribution >= 4 is 58.7 Å². The number of rotatable bonds is 10. The predicted octanol–water partition coefficient (Wildman–Crippen LogP) is 5.39. The van der Waals surface area contributed by atoms with Gasteiger partial charge in [-0.05, 0) is 65.7 Å². The summed E-state index contributed by atoms with van der Waals surface area (Å²) in [6.07, 6.45) is 1.54. The topological polar surface area (TPSA) is 79.8 Å². The van der Waals surface area contributed by atoms with Gasteiger partial charge >= 0.3 is 0 Å². The molecule has 0 heterocycles. The molecule has 9 heteroatoms. The Morgan fingerprint density at radius 2 is 1.67 bits per heavy atom. The maximum Gasteiger partial charge on any atom is 0.262 e. The number of anilines is 1. The lowest BCUT2D eigenvalue weighted by Gasteiger charge is -2.08. The summed E-state index contributed by atoms with van der Waals surface area (Å²) in [4.78, 5) is 23.9. The van der Waals surface area contributed by atoms with Gasteiger partial charge in [0.15, 0.2) is 6.61 Å². The lowest BCUT2D eigenvalue weighted by molar-refractivity contribution is -0.119. The van der Waals surface area contributed by atoms with Gasteiger partial charge in [0.25, 0.3) is 5.91 Å². The van der Waals surface area contributed by atoms with E-state index in [2.05, 4.69) is 15.8 Å². The molecule has 0 aliphatic rings. The number of nitrogens with zero attached hydrogens (tertiary/aromatic N) is 1. The van der Waals surface area contributed by atoms with Gasteiger partial charge in [0.2, 0.25) is 5.91 Å². The molecule has 3 rings (SSSR count). The molecule has 0 radical (unpaired) electrons. The Labute approximate surface area is 206 Å². The van der Waals surface area contributed by atoms with Gasteiger partial charge in [-0.3, -0.25) is 9.59 Å². The molecule has 0 spiro atoms. The summed E-state index contributed by atoms with van der Waals surface area (Å²) >= 11 is 13.3. The first-order valence-electron chi connectivity index (χ1n) is 9.90. The maximum absolute atomic E-state index is 12.0. The summed E-state index contributed by atoms with van der Waals surface area (Å²) in [5.41, 5.74) is 4.94. The van der Waals surface area contributed by atoms with Gasteiger partial charge in [0, 0.05) is 21.5 Å². The number of hydrogen-bond donors (Lipinski definition) is 2. The molecule has 170 valence electrons. The van der Waals surface area contributed by atoms with E-state index in [9.17, 15) is 9.59 Å². The van der Waals surface area contributed by atoms with Crippen molar-refractivity contribution < 1.29 is 14.3 Å². The number of hydrogen-bond acceptors (Lipinski definition) is 5. The zero-order chi connectivity index (χ0) is 23.5. The van der Waals surface area contributed by atoms with Crippen LogP contribution in [-0.2, 0) is 15.3 Å². The van der Waals surface area contributed by atoms with Gasteiger partial charge in [-0.25, -0.2) is 5.43 Å². The van der Waals surface area contributed by atoms with Gasteiger partial charge in [0.1, 0.15) is 5.75 Å². The molecule has 0 fully saturated rings. The number of halogens is 2. The fraction of sp³-hybridized carbons (Fsp3) is 0.125. The van der Waals surface area contributed by atoms with Crippen molar-refractivity contribution in [1.82, 2.24) is 5.43 Å². The zero-order valence-corrected chi connectivity index (χ0v) is 19.8. The van der Waals surface area contributed by atoms with E-state index >= 15 is 0 Å². The van der Waals surface area contributed by atoms with E-state index in [-0.39, 0.29) is 24.2 Å². The van der Waals surface area contributed by atoms with E-state index in [1.54, 1.807) is 48.5 Å². The third-order valence-corrected chi connectivity index (χ3v) is 5.63. The molecule has 0 atom stereocenters. The number of ether oxygens (including phenoxy) is 1. The standard InChI is InChI=1S/C24H21Cl2N3O3S/c25-19-4-1-3-18(11-19)15-33-16-24(31)29-27-13-17-7-9-22(10-8-17)32-14-23(30)28-21-6-2-5-20(26)12-21/h1-13H,14-16H2,(H,28,30)(H,29,31)/b27-13-. The Morgan fingerprint density at radius 3 is 2.39 bits per heavy atom. The molecule has 0 aliphatic carbocycles. The van der Waals surface area contributed by atoms with Crippen LogP contribution in [0.5, 0.6) is 5.75 Å². The van der Waals surface area contributed by atoms with Crippen molar-refractivity contribution in [1.29, 1.82) is 0 Å². The summed E-state index contributed by atoms with van der Waals surface area (Å²) in [6, 6.07) is 21.4. The summed E-state index contributed by atoms with van der Waals surface area (Å²) < 4.78 is 5.49. The number of amides is 2. The normalized spacial score (nSPS) is 10.7. The SMILES string of the molecule is O=C(CSCc1cccc(Cl)c1)N/N=C\c1ccc(OCC(=O)Nc2cccc(Cl)c2)cc1. The van der Waals surface area contributed by atoms with Gasteiger partial charge in [-0.2, -0.15) is 5.10 Å². The molecule has 0 saturated carbocycles. The first-order chi connectivity index (χ1) is 16.0. The Hall–Kier alpha value is -3.00. The molecule has 2 N–H and O–H groups in total. The molecule has 0 unspecified atom stereocenters.